The molecule has 112 valence electrons. The highest BCUT2D eigenvalue weighted by molar-refractivity contribution is 7.89. The Kier molecular flexibility index (Phi) is 4.97. The van der Waals surface area contributed by atoms with Crippen molar-refractivity contribution in [2.24, 2.45) is 5.73 Å². The molecule has 0 fully saturated rings. The van der Waals surface area contributed by atoms with Gasteiger partial charge in [-0.25, -0.2) is 21.9 Å². The van der Waals surface area contributed by atoms with Gasteiger partial charge in [-0.2, -0.15) is 0 Å². The number of hydrogen-bond acceptors (Lipinski definition) is 5. The van der Waals surface area contributed by atoms with E-state index in [9.17, 15) is 27.3 Å². The Bertz CT molecular complexity index is 624. The summed E-state index contributed by atoms with van der Waals surface area (Å²) in [6, 6.07) is 2.80. The minimum atomic E-state index is -4.51. The molecule has 1 aromatic rings. The molecule has 0 spiro atoms. The summed E-state index contributed by atoms with van der Waals surface area (Å²) in [4.78, 5) is 9.00. The molecule has 0 aliphatic carbocycles. The Labute approximate surface area is 117 Å². The van der Waals surface area contributed by atoms with Crippen LogP contribution in [-0.4, -0.2) is 32.4 Å². The number of nitro benzene ring substituents is 1. The van der Waals surface area contributed by atoms with Gasteiger partial charge < -0.3 is 5.73 Å². The molecule has 0 atom stereocenters. The normalized spacial score (nSPS) is 12.4. The van der Waals surface area contributed by atoms with Crippen LogP contribution in [0.1, 0.15) is 0 Å². The number of nitrogens with one attached hydrogen (secondary N) is 1. The van der Waals surface area contributed by atoms with E-state index in [0.717, 1.165) is 18.2 Å². The smallest absolute Gasteiger partial charge is 0.289 e. The lowest BCUT2D eigenvalue weighted by atomic mass is 10.3. The molecule has 0 saturated carbocycles. The van der Waals surface area contributed by atoms with Gasteiger partial charge in [0.2, 0.25) is 10.0 Å². The maximum atomic E-state index is 12.9. The Hall–Kier alpha value is -1.36. The van der Waals surface area contributed by atoms with Crippen molar-refractivity contribution < 1.29 is 22.1 Å². The SMILES string of the molecule is NCC(F)(F)CNS(=O)(=O)c1cc(Cl)ccc1[N+](=O)[O-]. The van der Waals surface area contributed by atoms with Gasteiger partial charge in [0.15, 0.2) is 4.90 Å². The van der Waals surface area contributed by atoms with Crippen molar-refractivity contribution in [2.45, 2.75) is 10.8 Å². The van der Waals surface area contributed by atoms with Crippen LogP contribution >= 0.6 is 11.6 Å². The summed E-state index contributed by atoms with van der Waals surface area (Å²) in [6.45, 7) is -2.33. The molecule has 1 rings (SSSR count). The maximum Gasteiger partial charge on any atom is 0.289 e. The molecule has 0 unspecified atom stereocenters. The molecular formula is C9H10ClF2N3O4S. The van der Waals surface area contributed by atoms with E-state index in [1.807, 2.05) is 0 Å². The van der Waals surface area contributed by atoms with Crippen LogP contribution in [0.2, 0.25) is 5.02 Å². The third-order valence-corrected chi connectivity index (χ3v) is 3.89. The van der Waals surface area contributed by atoms with Crippen LogP contribution < -0.4 is 10.5 Å². The van der Waals surface area contributed by atoms with Crippen molar-refractivity contribution in [1.29, 1.82) is 0 Å². The minimum absolute atomic E-state index is 0.0819. The van der Waals surface area contributed by atoms with E-state index in [4.69, 9.17) is 17.3 Å². The van der Waals surface area contributed by atoms with Crippen molar-refractivity contribution in [2.75, 3.05) is 13.1 Å². The zero-order chi connectivity index (χ0) is 15.6. The number of nitro groups is 1. The van der Waals surface area contributed by atoms with Gasteiger partial charge >= 0.3 is 0 Å². The number of halogens is 3. The van der Waals surface area contributed by atoms with E-state index in [-0.39, 0.29) is 5.02 Å². The zero-order valence-corrected chi connectivity index (χ0v) is 11.4. The van der Waals surface area contributed by atoms with Crippen molar-refractivity contribution in [3.63, 3.8) is 0 Å². The van der Waals surface area contributed by atoms with Gasteiger partial charge in [-0.3, -0.25) is 10.1 Å². The molecule has 1 aromatic carbocycles. The number of rotatable bonds is 6. The van der Waals surface area contributed by atoms with Gasteiger partial charge in [0.05, 0.1) is 18.0 Å². The lowest BCUT2D eigenvalue weighted by Crippen LogP contribution is -2.41. The largest absolute Gasteiger partial charge is 0.325 e. The predicted molar refractivity (Wildman–Crippen MR) is 67.3 cm³/mol. The first kappa shape index (κ1) is 16.7. The molecule has 11 heteroatoms. The molecule has 0 radical (unpaired) electrons. The second kappa shape index (κ2) is 5.95. The first-order valence-corrected chi connectivity index (χ1v) is 6.97. The van der Waals surface area contributed by atoms with E-state index in [2.05, 4.69) is 0 Å². The quantitative estimate of drug-likeness (QED) is 0.599. The van der Waals surface area contributed by atoms with Crippen LogP contribution in [0, 0.1) is 10.1 Å². The summed E-state index contributed by atoms with van der Waals surface area (Å²) < 4.78 is 51.1. The second-order valence-corrected chi connectivity index (χ2v) is 5.93. The molecule has 0 aromatic heterocycles. The Balaban J connectivity index is 3.16. The van der Waals surface area contributed by atoms with E-state index in [0.29, 0.717) is 0 Å². The highest BCUT2D eigenvalue weighted by Crippen LogP contribution is 2.27. The summed E-state index contributed by atoms with van der Waals surface area (Å²) in [6.07, 6.45) is 0. The van der Waals surface area contributed by atoms with Crippen LogP contribution in [0.15, 0.2) is 23.1 Å². The number of alkyl halides is 2. The molecule has 0 heterocycles. The topological polar surface area (TPSA) is 115 Å². The fourth-order valence-corrected chi connectivity index (χ4v) is 2.70. The lowest BCUT2D eigenvalue weighted by molar-refractivity contribution is -0.387. The molecular weight excluding hydrogens is 320 g/mol. The molecule has 0 saturated heterocycles. The fourth-order valence-electron chi connectivity index (χ4n) is 1.20. The van der Waals surface area contributed by atoms with Crippen LogP contribution in [0.25, 0.3) is 0 Å². The Morgan fingerprint density at radius 3 is 2.55 bits per heavy atom. The number of benzene rings is 1. The first-order valence-electron chi connectivity index (χ1n) is 5.10. The minimum Gasteiger partial charge on any atom is -0.325 e. The summed E-state index contributed by atoms with van der Waals surface area (Å²) in [7, 11) is -4.51. The van der Waals surface area contributed by atoms with Gasteiger partial charge in [-0.05, 0) is 12.1 Å². The highest BCUT2D eigenvalue weighted by atomic mass is 35.5. The van der Waals surface area contributed by atoms with Gasteiger partial charge in [-0.15, -0.1) is 0 Å². The van der Waals surface area contributed by atoms with Crippen molar-refractivity contribution >= 4 is 27.3 Å². The van der Waals surface area contributed by atoms with Crippen molar-refractivity contribution in [3.05, 3.63) is 33.3 Å². The molecule has 0 bridgehead atoms. The second-order valence-electron chi connectivity index (χ2n) is 3.75. The van der Waals surface area contributed by atoms with Gasteiger partial charge in [0, 0.05) is 11.1 Å². The number of nitrogens with zero attached hydrogens (tertiary/aromatic N) is 1. The monoisotopic (exact) mass is 329 g/mol. The van der Waals surface area contributed by atoms with Crippen molar-refractivity contribution in [1.82, 2.24) is 4.72 Å². The van der Waals surface area contributed by atoms with E-state index >= 15 is 0 Å². The van der Waals surface area contributed by atoms with Crippen molar-refractivity contribution in [3.8, 4) is 0 Å². The van der Waals surface area contributed by atoms with Gasteiger partial charge in [0.1, 0.15) is 0 Å². The molecule has 0 aliphatic rings. The van der Waals surface area contributed by atoms with Gasteiger partial charge in [-0.1, -0.05) is 11.6 Å². The number of hydrogen-bond donors (Lipinski definition) is 2. The zero-order valence-electron chi connectivity index (χ0n) is 9.85. The van der Waals surface area contributed by atoms with E-state index < -0.39 is 44.5 Å². The van der Waals surface area contributed by atoms with Crippen LogP contribution in [0.4, 0.5) is 14.5 Å². The molecule has 0 aliphatic heterocycles. The standard InChI is InChI=1S/C9H10ClF2N3O4S/c10-6-1-2-7(15(16)17)8(3-6)20(18,19)14-5-9(11,12)4-13/h1-3,14H,4-5,13H2. The highest BCUT2D eigenvalue weighted by Gasteiger charge is 2.32. The van der Waals surface area contributed by atoms with Crippen LogP contribution in [0.3, 0.4) is 0 Å². The average Bonchev–Trinajstić information content (AvgIpc) is 2.36. The molecule has 7 nitrogen and oxygen atoms in total. The Morgan fingerprint density at radius 1 is 1.45 bits per heavy atom. The summed E-state index contributed by atoms with van der Waals surface area (Å²) in [5.74, 6) is -3.46. The molecule has 3 N–H and O–H groups in total. The summed E-state index contributed by atoms with van der Waals surface area (Å²) in [5, 5.41) is 10.7. The van der Waals surface area contributed by atoms with Crippen LogP contribution in [-0.2, 0) is 10.0 Å². The molecule has 0 amide bonds. The summed E-state index contributed by atoms with van der Waals surface area (Å²) in [5.41, 5.74) is 4.00. The van der Waals surface area contributed by atoms with Crippen LogP contribution in [0.5, 0.6) is 0 Å². The van der Waals surface area contributed by atoms with Gasteiger partial charge in [0.25, 0.3) is 11.6 Å². The number of sulfonamides is 1. The lowest BCUT2D eigenvalue weighted by Gasteiger charge is -2.14. The fraction of sp³-hybridized carbons (Fsp3) is 0.333. The average molecular weight is 330 g/mol. The van der Waals surface area contributed by atoms with E-state index in [1.165, 1.54) is 0 Å². The predicted octanol–water partition coefficient (Wildman–Crippen LogP) is 1.12. The third kappa shape index (κ3) is 4.07. The molecule has 20 heavy (non-hydrogen) atoms. The third-order valence-electron chi connectivity index (χ3n) is 2.23. The van der Waals surface area contributed by atoms with E-state index in [1.54, 1.807) is 4.72 Å². The first-order chi connectivity index (χ1) is 9.09. The Morgan fingerprint density at radius 2 is 2.05 bits per heavy atom. The maximum absolute atomic E-state index is 12.9. The summed E-state index contributed by atoms with van der Waals surface area (Å²) >= 11 is 5.56. The number of nitrogens with two attached hydrogens (primary N) is 1.